The molecule has 7 nitrogen and oxygen atoms in total. The molecule has 1 aliphatic heterocycles. The lowest BCUT2D eigenvalue weighted by Gasteiger charge is -2.34. The number of aromatic nitrogens is 4. The van der Waals surface area contributed by atoms with Gasteiger partial charge in [0.2, 0.25) is 5.92 Å². The predicted octanol–water partition coefficient (Wildman–Crippen LogP) is 4.17. The van der Waals surface area contributed by atoms with Crippen LogP contribution in [0.2, 0.25) is 0 Å². The summed E-state index contributed by atoms with van der Waals surface area (Å²) >= 11 is 0. The maximum Gasteiger partial charge on any atom is 0.255 e. The Labute approximate surface area is 208 Å². The summed E-state index contributed by atoms with van der Waals surface area (Å²) in [6, 6.07) is 4.07. The van der Waals surface area contributed by atoms with Gasteiger partial charge in [0, 0.05) is 56.4 Å². The molecule has 0 radical (unpaired) electrons. The molecule has 9 heteroatoms. The minimum absolute atomic E-state index is 0.133. The predicted molar refractivity (Wildman–Crippen MR) is 132 cm³/mol. The van der Waals surface area contributed by atoms with Crippen LogP contribution in [0, 0.1) is 11.8 Å². The first-order chi connectivity index (χ1) is 17.3. The standard InChI is InChI=1S/C27H30F2N6O/c1-16-7-20(21-13-31-25(8-17-3-2-4-17)34-23(21)15-30-16)19-5-6-35-24(9-19)22(14-33-35)26(36)32-12-18-10-27(28,29)11-18/h5-7,9,13-14,16-18,30H,2-4,8,10-12,15H2,1H3,(H,32,36)/t16-/m1/s1. The van der Waals surface area contributed by atoms with Crippen molar-refractivity contribution < 1.29 is 13.6 Å². The summed E-state index contributed by atoms with van der Waals surface area (Å²) in [6.45, 7) is 3.02. The van der Waals surface area contributed by atoms with Crippen molar-refractivity contribution in [3.05, 3.63) is 65.0 Å². The van der Waals surface area contributed by atoms with Crippen LogP contribution in [0.1, 0.15) is 72.0 Å². The lowest BCUT2D eigenvalue weighted by molar-refractivity contribution is -0.108. The molecule has 6 rings (SSSR count). The van der Waals surface area contributed by atoms with Gasteiger partial charge in [-0.05, 0) is 42.0 Å². The number of hydrogen-bond donors (Lipinski definition) is 2. The smallest absolute Gasteiger partial charge is 0.255 e. The van der Waals surface area contributed by atoms with Crippen LogP contribution < -0.4 is 10.6 Å². The number of rotatable bonds is 6. The second-order valence-electron chi connectivity index (χ2n) is 10.5. The molecular weight excluding hydrogens is 462 g/mol. The first kappa shape index (κ1) is 23.2. The van der Waals surface area contributed by atoms with Gasteiger partial charge in [-0.2, -0.15) is 5.10 Å². The summed E-state index contributed by atoms with van der Waals surface area (Å²) in [4.78, 5) is 22.5. The fourth-order valence-electron chi connectivity index (χ4n) is 5.36. The summed E-state index contributed by atoms with van der Waals surface area (Å²) < 4.78 is 27.9. The van der Waals surface area contributed by atoms with Crippen molar-refractivity contribution in [2.45, 2.75) is 64.0 Å². The Bertz CT molecular complexity index is 1340. The molecule has 1 atom stereocenters. The lowest BCUT2D eigenvalue weighted by Crippen LogP contribution is -2.42. The molecule has 2 N–H and O–H groups in total. The van der Waals surface area contributed by atoms with Crippen molar-refractivity contribution in [3.63, 3.8) is 0 Å². The number of carbonyl (C=O) groups excluding carboxylic acids is 1. The average molecular weight is 493 g/mol. The SMILES string of the molecule is C[C@@H]1C=C(c2ccn3ncc(C(=O)NCC4CC(F)(F)C4)c3c2)c2cnc(CC3CCC3)nc2CN1. The second kappa shape index (κ2) is 9.03. The van der Waals surface area contributed by atoms with Crippen LogP contribution in [0.4, 0.5) is 8.78 Å². The van der Waals surface area contributed by atoms with Crippen molar-refractivity contribution in [3.8, 4) is 0 Å². The molecular formula is C27H30F2N6O. The van der Waals surface area contributed by atoms with E-state index >= 15 is 0 Å². The molecule has 1 amide bonds. The average Bonchev–Trinajstić information content (AvgIpc) is 3.16. The molecule has 2 saturated carbocycles. The summed E-state index contributed by atoms with van der Waals surface area (Å²) in [5.74, 6) is -1.47. The molecule has 2 fully saturated rings. The van der Waals surface area contributed by atoms with Crippen molar-refractivity contribution in [2.24, 2.45) is 11.8 Å². The highest BCUT2D eigenvalue weighted by molar-refractivity contribution is 6.01. The minimum Gasteiger partial charge on any atom is -0.352 e. The second-order valence-corrected chi connectivity index (χ2v) is 10.5. The Kier molecular flexibility index (Phi) is 5.82. The van der Waals surface area contributed by atoms with Crippen LogP contribution in [0.25, 0.3) is 11.1 Å². The van der Waals surface area contributed by atoms with Gasteiger partial charge in [0.1, 0.15) is 5.82 Å². The van der Waals surface area contributed by atoms with E-state index in [1.165, 1.54) is 25.5 Å². The van der Waals surface area contributed by atoms with E-state index in [4.69, 9.17) is 9.97 Å². The third-order valence-electron chi connectivity index (χ3n) is 7.71. The molecule has 0 spiro atoms. The van der Waals surface area contributed by atoms with E-state index in [1.54, 1.807) is 4.52 Å². The van der Waals surface area contributed by atoms with Crippen molar-refractivity contribution in [1.29, 1.82) is 0 Å². The Morgan fingerprint density at radius 2 is 2.08 bits per heavy atom. The molecule has 36 heavy (non-hydrogen) atoms. The maximum atomic E-state index is 13.1. The van der Waals surface area contributed by atoms with Gasteiger partial charge in [0.05, 0.1) is 23.0 Å². The summed E-state index contributed by atoms with van der Waals surface area (Å²) in [5.41, 5.74) is 5.03. The highest BCUT2D eigenvalue weighted by Gasteiger charge is 2.45. The van der Waals surface area contributed by atoms with Crippen LogP contribution in [0.5, 0.6) is 0 Å². The van der Waals surface area contributed by atoms with Gasteiger partial charge >= 0.3 is 0 Å². The molecule has 3 aromatic heterocycles. The zero-order chi connectivity index (χ0) is 24.9. The van der Waals surface area contributed by atoms with Gasteiger partial charge < -0.3 is 10.6 Å². The minimum atomic E-state index is -2.59. The highest BCUT2D eigenvalue weighted by atomic mass is 19.3. The number of nitrogens with one attached hydrogen (secondary N) is 2. The molecule has 0 unspecified atom stereocenters. The molecule has 0 aromatic carbocycles. The van der Waals surface area contributed by atoms with Crippen molar-refractivity contribution in [1.82, 2.24) is 30.2 Å². The number of pyridine rings is 1. The number of halogens is 2. The Hall–Kier alpha value is -3.20. The number of fused-ring (bicyclic) bond motifs is 2. The van der Waals surface area contributed by atoms with E-state index in [0.717, 1.165) is 34.6 Å². The van der Waals surface area contributed by atoms with Gasteiger partial charge in [-0.1, -0.05) is 25.3 Å². The van der Waals surface area contributed by atoms with Gasteiger partial charge in [-0.3, -0.25) is 4.79 Å². The first-order valence-corrected chi connectivity index (χ1v) is 12.8. The topological polar surface area (TPSA) is 84.2 Å². The molecule has 3 aromatic rings. The molecule has 0 saturated heterocycles. The number of hydrogen-bond acceptors (Lipinski definition) is 5. The number of amides is 1. The summed E-state index contributed by atoms with van der Waals surface area (Å²) in [6.07, 6.45) is 11.9. The molecule has 0 bridgehead atoms. The van der Waals surface area contributed by atoms with Gasteiger partial charge in [0.25, 0.3) is 5.91 Å². The van der Waals surface area contributed by atoms with Crippen LogP contribution in [-0.4, -0.2) is 44.0 Å². The van der Waals surface area contributed by atoms with Gasteiger partial charge in [-0.25, -0.2) is 23.3 Å². The van der Waals surface area contributed by atoms with Crippen LogP contribution in [0.3, 0.4) is 0 Å². The Morgan fingerprint density at radius 1 is 1.25 bits per heavy atom. The summed E-state index contributed by atoms with van der Waals surface area (Å²) in [5, 5.41) is 10.6. The van der Waals surface area contributed by atoms with Crippen molar-refractivity contribution >= 4 is 17.0 Å². The monoisotopic (exact) mass is 492 g/mol. The van der Waals surface area contributed by atoms with Crippen LogP contribution in [0.15, 0.2) is 36.8 Å². The number of nitrogens with zero attached hydrogens (tertiary/aromatic N) is 4. The van der Waals surface area contributed by atoms with E-state index in [0.29, 0.717) is 23.5 Å². The largest absolute Gasteiger partial charge is 0.352 e. The van der Waals surface area contributed by atoms with E-state index < -0.39 is 5.92 Å². The zero-order valence-electron chi connectivity index (χ0n) is 20.3. The number of carbonyl (C=O) groups is 1. The first-order valence-electron chi connectivity index (χ1n) is 12.8. The number of alkyl halides is 2. The van der Waals surface area contributed by atoms with Crippen molar-refractivity contribution in [2.75, 3.05) is 6.54 Å². The fraction of sp³-hybridized carbons (Fsp3) is 0.481. The third kappa shape index (κ3) is 4.52. The van der Waals surface area contributed by atoms with Gasteiger partial charge in [0.15, 0.2) is 0 Å². The maximum absolute atomic E-state index is 13.1. The van der Waals surface area contributed by atoms with Crippen LogP contribution >= 0.6 is 0 Å². The Morgan fingerprint density at radius 3 is 2.83 bits per heavy atom. The molecule has 3 aliphatic rings. The summed E-state index contributed by atoms with van der Waals surface area (Å²) in [7, 11) is 0. The lowest BCUT2D eigenvalue weighted by atomic mass is 9.81. The quantitative estimate of drug-likeness (QED) is 0.540. The molecule has 4 heterocycles. The van der Waals surface area contributed by atoms with E-state index in [2.05, 4.69) is 28.7 Å². The molecule has 2 aliphatic carbocycles. The van der Waals surface area contributed by atoms with Crippen LogP contribution in [-0.2, 0) is 13.0 Å². The normalized spacial score (nSPS) is 21.8. The Balaban J connectivity index is 1.28. The molecule has 188 valence electrons. The third-order valence-corrected chi connectivity index (χ3v) is 7.71. The van der Waals surface area contributed by atoms with Gasteiger partial charge in [-0.15, -0.1) is 0 Å². The fourth-order valence-corrected chi connectivity index (χ4v) is 5.36. The zero-order valence-corrected chi connectivity index (χ0v) is 20.3. The highest BCUT2D eigenvalue weighted by Crippen LogP contribution is 2.42. The van der Waals surface area contributed by atoms with E-state index in [9.17, 15) is 13.6 Å². The van der Waals surface area contributed by atoms with E-state index in [-0.39, 0.29) is 37.3 Å². The van der Waals surface area contributed by atoms with E-state index in [1.807, 2.05) is 24.5 Å².